The molecule has 0 saturated carbocycles. The topological polar surface area (TPSA) is 76.7 Å². The summed E-state index contributed by atoms with van der Waals surface area (Å²) in [6.45, 7) is 0.383. The number of halogens is 1. The van der Waals surface area contributed by atoms with E-state index in [1.807, 2.05) is 42.5 Å². The maximum atomic E-state index is 12.2. The quantitative estimate of drug-likeness (QED) is 0.746. The Morgan fingerprint density at radius 1 is 1.23 bits per heavy atom. The van der Waals surface area contributed by atoms with Crippen molar-refractivity contribution in [3.63, 3.8) is 0 Å². The lowest BCUT2D eigenvalue weighted by Gasteiger charge is -2.05. The Morgan fingerprint density at radius 2 is 2.12 bits per heavy atom. The summed E-state index contributed by atoms with van der Waals surface area (Å²) in [6, 6.07) is 14.9. The van der Waals surface area contributed by atoms with E-state index in [-0.39, 0.29) is 12.0 Å². The van der Waals surface area contributed by atoms with Crippen molar-refractivity contribution in [3.8, 4) is 0 Å². The Balaban J connectivity index is 1.31. The Labute approximate surface area is 154 Å². The fraction of sp³-hybridized carbons (Fsp3) is 0.211. The maximum absolute atomic E-state index is 12.2. The fourth-order valence-corrected chi connectivity index (χ4v) is 3.02. The molecule has 3 aromatic rings. The zero-order valence-electron chi connectivity index (χ0n) is 13.8. The molecule has 0 bridgehead atoms. The number of hydrogen-bond donors (Lipinski definition) is 1. The molecule has 0 radical (unpaired) electrons. The summed E-state index contributed by atoms with van der Waals surface area (Å²) in [4.78, 5) is 22.0. The third kappa shape index (κ3) is 3.70. The van der Waals surface area contributed by atoms with Gasteiger partial charge in [-0.3, -0.25) is 4.79 Å². The summed E-state index contributed by atoms with van der Waals surface area (Å²) in [5.41, 5.74) is 2.84. The van der Waals surface area contributed by atoms with Gasteiger partial charge >= 0.3 is 0 Å². The third-order valence-electron chi connectivity index (χ3n) is 4.08. The highest BCUT2D eigenvalue weighted by Crippen LogP contribution is 2.20. The molecule has 7 heteroatoms. The van der Waals surface area contributed by atoms with Gasteiger partial charge in [-0.1, -0.05) is 41.0 Å². The molecule has 26 heavy (non-hydrogen) atoms. The van der Waals surface area contributed by atoms with Crippen molar-refractivity contribution in [2.24, 2.45) is 5.16 Å². The predicted molar refractivity (Wildman–Crippen MR) is 97.9 cm³/mol. The molecule has 2 heterocycles. The van der Waals surface area contributed by atoms with Gasteiger partial charge in [0, 0.05) is 18.0 Å². The first-order valence-corrected chi connectivity index (χ1v) is 8.65. The molecule has 4 rings (SSSR count). The summed E-state index contributed by atoms with van der Waals surface area (Å²) < 4.78 is 5.69. The first kappa shape index (κ1) is 16.6. The first-order valence-electron chi connectivity index (χ1n) is 8.27. The maximum Gasteiger partial charge on any atom is 0.269 e. The summed E-state index contributed by atoms with van der Waals surface area (Å²) in [5, 5.41) is 7.37. The number of para-hydroxylation sites is 2. The second-order valence-electron chi connectivity index (χ2n) is 6.06. The van der Waals surface area contributed by atoms with E-state index in [0.717, 1.165) is 16.7 Å². The minimum absolute atomic E-state index is 0.245. The molecule has 0 spiro atoms. The van der Waals surface area contributed by atoms with Gasteiger partial charge in [0.15, 0.2) is 11.5 Å². The van der Waals surface area contributed by atoms with Gasteiger partial charge in [-0.05, 0) is 29.8 Å². The van der Waals surface area contributed by atoms with Gasteiger partial charge in [0.1, 0.15) is 17.3 Å². The Morgan fingerprint density at radius 3 is 2.96 bits per heavy atom. The van der Waals surface area contributed by atoms with Crippen molar-refractivity contribution < 1.29 is 14.0 Å². The zero-order chi connectivity index (χ0) is 17.9. The molecule has 1 N–H and O–H groups in total. The van der Waals surface area contributed by atoms with Gasteiger partial charge in [-0.2, -0.15) is 0 Å². The highest BCUT2D eigenvalue weighted by Gasteiger charge is 2.27. The minimum Gasteiger partial charge on any atom is -0.441 e. The Hall–Kier alpha value is -2.86. The van der Waals surface area contributed by atoms with Gasteiger partial charge in [0.2, 0.25) is 0 Å². The number of aromatic nitrogens is 1. The highest BCUT2D eigenvalue weighted by atomic mass is 35.5. The number of nitrogens with one attached hydrogen (secondary N) is 1. The fourth-order valence-electron chi connectivity index (χ4n) is 2.81. The van der Waals surface area contributed by atoms with Gasteiger partial charge in [0.05, 0.1) is 6.42 Å². The molecular formula is C19H16ClN3O3. The van der Waals surface area contributed by atoms with E-state index in [1.165, 1.54) is 0 Å². The molecular weight excluding hydrogens is 354 g/mol. The summed E-state index contributed by atoms with van der Waals surface area (Å²) in [5.74, 6) is 0.331. The van der Waals surface area contributed by atoms with Crippen LogP contribution in [0.1, 0.15) is 17.9 Å². The van der Waals surface area contributed by atoms with Crippen LogP contribution in [0.5, 0.6) is 0 Å². The summed E-state index contributed by atoms with van der Waals surface area (Å²) in [6.07, 6.45) is 0.624. The normalized spacial score (nSPS) is 16.3. The zero-order valence-corrected chi connectivity index (χ0v) is 14.6. The molecule has 1 amide bonds. The van der Waals surface area contributed by atoms with Crippen LogP contribution in [0, 0.1) is 0 Å². The van der Waals surface area contributed by atoms with Crippen LogP contribution < -0.4 is 5.32 Å². The van der Waals surface area contributed by atoms with Crippen molar-refractivity contribution in [2.75, 3.05) is 0 Å². The van der Waals surface area contributed by atoms with Crippen LogP contribution in [-0.2, 0) is 22.6 Å². The number of rotatable bonds is 5. The largest absolute Gasteiger partial charge is 0.441 e. The first-order chi connectivity index (χ1) is 12.7. The van der Waals surface area contributed by atoms with E-state index >= 15 is 0 Å². The number of carbonyl (C=O) groups is 1. The number of hydrogen-bond acceptors (Lipinski definition) is 5. The van der Waals surface area contributed by atoms with E-state index in [0.29, 0.717) is 36.0 Å². The monoisotopic (exact) mass is 369 g/mol. The molecule has 1 aliphatic rings. The molecule has 132 valence electrons. The lowest BCUT2D eigenvalue weighted by Crippen LogP contribution is -2.30. The van der Waals surface area contributed by atoms with E-state index in [4.69, 9.17) is 20.9 Å². The smallest absolute Gasteiger partial charge is 0.269 e. The summed E-state index contributed by atoms with van der Waals surface area (Å²) >= 11 is 5.94. The molecule has 1 aliphatic heterocycles. The number of fused-ring (bicyclic) bond motifs is 1. The minimum atomic E-state index is -0.255. The number of carbonyl (C=O) groups excluding carboxylic acids is 1. The van der Waals surface area contributed by atoms with E-state index in [1.54, 1.807) is 6.07 Å². The van der Waals surface area contributed by atoms with Crippen LogP contribution in [0.15, 0.2) is 58.1 Å². The van der Waals surface area contributed by atoms with Crippen LogP contribution in [-0.4, -0.2) is 22.7 Å². The van der Waals surface area contributed by atoms with Crippen molar-refractivity contribution in [2.45, 2.75) is 25.5 Å². The molecule has 1 atom stereocenters. The standard InChI is InChI=1S/C19H16ClN3O3/c20-13-5-3-4-12(8-13)11-21-19(24)16-9-14(26-23-16)10-18-22-15-6-1-2-7-17(15)25-18/h1-8,14H,9-11H2,(H,21,24)/t14-/m1/s1. The van der Waals surface area contributed by atoms with E-state index in [9.17, 15) is 4.79 Å². The van der Waals surface area contributed by atoms with Gasteiger partial charge in [0.25, 0.3) is 5.91 Å². The molecule has 2 aromatic carbocycles. The number of nitrogens with zero attached hydrogens (tertiary/aromatic N) is 2. The number of oxazole rings is 1. The highest BCUT2D eigenvalue weighted by molar-refractivity contribution is 6.39. The number of oxime groups is 1. The molecule has 0 fully saturated rings. The van der Waals surface area contributed by atoms with E-state index in [2.05, 4.69) is 15.5 Å². The molecule has 0 unspecified atom stereocenters. The predicted octanol–water partition coefficient (Wildman–Crippen LogP) is 3.49. The second kappa shape index (κ2) is 7.17. The molecule has 0 aliphatic carbocycles. The van der Waals surface area contributed by atoms with Crippen LogP contribution in [0.4, 0.5) is 0 Å². The van der Waals surface area contributed by atoms with Crippen molar-refractivity contribution in [3.05, 3.63) is 65.0 Å². The second-order valence-corrected chi connectivity index (χ2v) is 6.50. The average molecular weight is 370 g/mol. The van der Waals surface area contributed by atoms with Crippen LogP contribution in [0.2, 0.25) is 5.02 Å². The summed E-state index contributed by atoms with van der Waals surface area (Å²) in [7, 11) is 0. The van der Waals surface area contributed by atoms with Gasteiger partial charge in [-0.15, -0.1) is 0 Å². The number of benzene rings is 2. The Bertz CT molecular complexity index is 950. The number of amides is 1. The average Bonchev–Trinajstić information content (AvgIpc) is 3.26. The molecule has 0 saturated heterocycles. The van der Waals surface area contributed by atoms with Crippen molar-refractivity contribution in [1.29, 1.82) is 0 Å². The third-order valence-corrected chi connectivity index (χ3v) is 4.31. The van der Waals surface area contributed by atoms with Crippen LogP contribution in [0.3, 0.4) is 0 Å². The van der Waals surface area contributed by atoms with Gasteiger partial charge in [-0.25, -0.2) is 4.98 Å². The van der Waals surface area contributed by atoms with Gasteiger partial charge < -0.3 is 14.6 Å². The lowest BCUT2D eigenvalue weighted by molar-refractivity contribution is -0.115. The van der Waals surface area contributed by atoms with E-state index < -0.39 is 0 Å². The Kier molecular flexibility index (Phi) is 4.58. The van der Waals surface area contributed by atoms with Crippen molar-refractivity contribution in [1.82, 2.24) is 10.3 Å². The van der Waals surface area contributed by atoms with Crippen molar-refractivity contribution >= 4 is 34.3 Å². The van der Waals surface area contributed by atoms with Crippen LogP contribution in [0.25, 0.3) is 11.1 Å². The molecule has 6 nitrogen and oxygen atoms in total. The SMILES string of the molecule is O=C(NCc1cccc(Cl)c1)C1=NO[C@@H](Cc2nc3ccccc3o2)C1. The molecule has 1 aromatic heterocycles. The van der Waals surface area contributed by atoms with Crippen LogP contribution >= 0.6 is 11.6 Å². The lowest BCUT2D eigenvalue weighted by atomic mass is 10.1.